The summed E-state index contributed by atoms with van der Waals surface area (Å²) in [5, 5.41) is 3.68. The number of rotatable bonds is 6. The third kappa shape index (κ3) is 3.92. The van der Waals surface area contributed by atoms with Crippen LogP contribution >= 0.6 is 11.3 Å². The van der Waals surface area contributed by atoms with Crippen molar-refractivity contribution in [3.63, 3.8) is 0 Å². The Bertz CT molecular complexity index is 772. The molecular weight excluding hydrogens is 346 g/mol. The van der Waals surface area contributed by atoms with Crippen LogP contribution in [0.25, 0.3) is 0 Å². The number of carbonyl (C=O) groups excluding carboxylic acids is 1. The Balaban J connectivity index is 2.15. The van der Waals surface area contributed by atoms with Crippen molar-refractivity contribution in [3.05, 3.63) is 47.3 Å². The van der Waals surface area contributed by atoms with E-state index in [4.69, 9.17) is 0 Å². The summed E-state index contributed by atoms with van der Waals surface area (Å²) >= 11 is 1.03. The molecule has 2 aromatic rings. The number of nitrogens with zero attached hydrogens (tertiary/aromatic N) is 1. The predicted molar refractivity (Wildman–Crippen MR) is 83.7 cm³/mol. The maximum Gasteiger partial charge on any atom is 0.253 e. The quantitative estimate of drug-likeness (QED) is 0.861. The average Bonchev–Trinajstić information content (AvgIpc) is 3.03. The molecule has 0 saturated heterocycles. The number of sulfonamides is 1. The SMILES string of the molecule is CCN(CC(=O)Nc1c(F)cccc1F)S(=O)(=O)c1cccs1. The van der Waals surface area contributed by atoms with Crippen molar-refractivity contribution < 1.29 is 22.0 Å². The zero-order valence-corrected chi connectivity index (χ0v) is 13.8. The molecule has 1 aromatic heterocycles. The van der Waals surface area contributed by atoms with Crippen LogP contribution in [-0.2, 0) is 14.8 Å². The molecule has 0 saturated carbocycles. The molecule has 1 N–H and O–H groups in total. The fourth-order valence-electron chi connectivity index (χ4n) is 1.86. The second kappa shape index (κ2) is 7.16. The van der Waals surface area contributed by atoms with E-state index in [1.165, 1.54) is 12.1 Å². The summed E-state index contributed by atoms with van der Waals surface area (Å²) in [7, 11) is -3.81. The van der Waals surface area contributed by atoms with E-state index in [0.29, 0.717) is 0 Å². The summed E-state index contributed by atoms with van der Waals surface area (Å²) in [5.74, 6) is -2.68. The Labute approximate surface area is 136 Å². The van der Waals surface area contributed by atoms with Gasteiger partial charge in [0.05, 0.1) is 6.54 Å². The monoisotopic (exact) mass is 360 g/mol. The van der Waals surface area contributed by atoms with Gasteiger partial charge >= 0.3 is 0 Å². The molecule has 1 amide bonds. The van der Waals surface area contributed by atoms with E-state index >= 15 is 0 Å². The summed E-state index contributed by atoms with van der Waals surface area (Å²) in [6.45, 7) is 1.08. The Kier molecular flexibility index (Phi) is 5.45. The molecule has 5 nitrogen and oxygen atoms in total. The molecule has 0 radical (unpaired) electrons. The van der Waals surface area contributed by atoms with Crippen LogP contribution in [0, 0.1) is 11.6 Å². The number of hydrogen-bond acceptors (Lipinski definition) is 4. The highest BCUT2D eigenvalue weighted by atomic mass is 32.2. The van der Waals surface area contributed by atoms with Crippen molar-refractivity contribution in [2.24, 2.45) is 0 Å². The van der Waals surface area contributed by atoms with Crippen LogP contribution < -0.4 is 5.32 Å². The Morgan fingerprint density at radius 2 is 1.87 bits per heavy atom. The number of anilines is 1. The van der Waals surface area contributed by atoms with Gasteiger partial charge in [-0.2, -0.15) is 4.31 Å². The van der Waals surface area contributed by atoms with E-state index in [-0.39, 0.29) is 10.8 Å². The van der Waals surface area contributed by atoms with Crippen molar-refractivity contribution in [2.75, 3.05) is 18.4 Å². The number of carbonyl (C=O) groups is 1. The number of amides is 1. The molecule has 1 aromatic carbocycles. The first-order valence-corrected chi connectivity index (χ1v) is 8.95. The van der Waals surface area contributed by atoms with Gasteiger partial charge in [0.15, 0.2) is 0 Å². The highest BCUT2D eigenvalue weighted by molar-refractivity contribution is 7.91. The smallest absolute Gasteiger partial charge is 0.253 e. The summed E-state index contributed by atoms with van der Waals surface area (Å²) in [5.41, 5.74) is -0.595. The van der Waals surface area contributed by atoms with Gasteiger partial charge in [0.2, 0.25) is 5.91 Å². The van der Waals surface area contributed by atoms with Crippen LogP contribution in [0.3, 0.4) is 0 Å². The van der Waals surface area contributed by atoms with Gasteiger partial charge in [-0.15, -0.1) is 11.3 Å². The van der Waals surface area contributed by atoms with Gasteiger partial charge < -0.3 is 5.32 Å². The molecule has 0 aliphatic carbocycles. The molecule has 0 atom stereocenters. The van der Waals surface area contributed by atoms with Crippen molar-refractivity contribution in [3.8, 4) is 0 Å². The molecule has 0 fully saturated rings. The zero-order valence-electron chi connectivity index (χ0n) is 12.1. The van der Waals surface area contributed by atoms with E-state index in [1.807, 2.05) is 0 Å². The van der Waals surface area contributed by atoms with Crippen LogP contribution in [-0.4, -0.2) is 31.7 Å². The fourth-order valence-corrected chi connectivity index (χ4v) is 4.41. The van der Waals surface area contributed by atoms with Crippen molar-refractivity contribution in [1.29, 1.82) is 0 Å². The predicted octanol–water partition coefficient (Wildman–Crippen LogP) is 2.68. The van der Waals surface area contributed by atoms with Crippen LogP contribution in [0.1, 0.15) is 6.92 Å². The molecule has 0 aliphatic heterocycles. The minimum Gasteiger partial charge on any atom is -0.320 e. The Morgan fingerprint density at radius 3 is 2.39 bits per heavy atom. The van der Waals surface area contributed by atoms with Crippen molar-refractivity contribution in [1.82, 2.24) is 4.31 Å². The van der Waals surface area contributed by atoms with Gasteiger partial charge in [-0.05, 0) is 23.6 Å². The summed E-state index contributed by atoms with van der Waals surface area (Å²) in [6.07, 6.45) is 0. The molecule has 1 heterocycles. The van der Waals surface area contributed by atoms with Gasteiger partial charge in [-0.3, -0.25) is 4.79 Å². The molecule has 9 heteroatoms. The average molecular weight is 360 g/mol. The van der Waals surface area contributed by atoms with E-state index in [2.05, 4.69) is 5.32 Å². The van der Waals surface area contributed by atoms with Crippen LogP contribution in [0.4, 0.5) is 14.5 Å². The second-order valence-corrected chi connectivity index (χ2v) is 7.62. The molecule has 0 unspecified atom stereocenters. The molecule has 23 heavy (non-hydrogen) atoms. The topological polar surface area (TPSA) is 66.5 Å². The van der Waals surface area contributed by atoms with E-state index in [9.17, 15) is 22.0 Å². The molecule has 2 rings (SSSR count). The van der Waals surface area contributed by atoms with Gasteiger partial charge in [0, 0.05) is 6.54 Å². The summed E-state index contributed by atoms with van der Waals surface area (Å²) in [6, 6.07) is 6.18. The van der Waals surface area contributed by atoms with E-state index < -0.39 is 39.8 Å². The standard InChI is InChI=1S/C14H14F2N2O3S2/c1-2-18(23(20,21)13-7-4-8-22-13)9-12(19)17-14-10(15)5-3-6-11(14)16/h3-8H,2,9H2,1H3,(H,17,19). The van der Waals surface area contributed by atoms with Gasteiger partial charge in [0.1, 0.15) is 21.5 Å². The van der Waals surface area contributed by atoms with Crippen LogP contribution in [0.15, 0.2) is 39.9 Å². The number of thiophene rings is 1. The Hall–Kier alpha value is -1.84. The number of para-hydroxylation sites is 1. The lowest BCUT2D eigenvalue weighted by Gasteiger charge is -2.19. The highest BCUT2D eigenvalue weighted by Crippen LogP contribution is 2.21. The summed E-state index contributed by atoms with van der Waals surface area (Å²) < 4.78 is 52.8. The largest absolute Gasteiger partial charge is 0.320 e. The molecule has 0 spiro atoms. The molecule has 0 bridgehead atoms. The third-order valence-corrected chi connectivity index (χ3v) is 6.28. The van der Waals surface area contributed by atoms with Gasteiger partial charge in [-0.25, -0.2) is 17.2 Å². The molecule has 0 aliphatic rings. The number of likely N-dealkylation sites (N-methyl/N-ethyl adjacent to an activating group) is 1. The van der Waals surface area contributed by atoms with Crippen LogP contribution in [0.5, 0.6) is 0 Å². The first-order valence-electron chi connectivity index (χ1n) is 6.63. The van der Waals surface area contributed by atoms with Crippen LogP contribution in [0.2, 0.25) is 0 Å². The fraction of sp³-hybridized carbons (Fsp3) is 0.214. The number of nitrogens with one attached hydrogen (secondary N) is 1. The number of hydrogen-bond donors (Lipinski definition) is 1. The lowest BCUT2D eigenvalue weighted by Crippen LogP contribution is -2.37. The van der Waals surface area contributed by atoms with E-state index in [1.54, 1.807) is 18.4 Å². The first-order chi connectivity index (χ1) is 10.9. The normalized spacial score (nSPS) is 11.7. The van der Waals surface area contributed by atoms with E-state index in [0.717, 1.165) is 27.8 Å². The number of halogens is 2. The maximum atomic E-state index is 13.5. The third-order valence-electron chi connectivity index (χ3n) is 2.99. The second-order valence-electron chi connectivity index (χ2n) is 4.51. The molecule has 124 valence electrons. The van der Waals surface area contributed by atoms with Crippen molar-refractivity contribution >= 4 is 33.0 Å². The summed E-state index contributed by atoms with van der Waals surface area (Å²) in [4.78, 5) is 12.0. The van der Waals surface area contributed by atoms with Gasteiger partial charge in [0.25, 0.3) is 10.0 Å². The Morgan fingerprint density at radius 1 is 1.22 bits per heavy atom. The minimum atomic E-state index is -3.81. The van der Waals surface area contributed by atoms with Crippen molar-refractivity contribution in [2.45, 2.75) is 11.1 Å². The lowest BCUT2D eigenvalue weighted by atomic mass is 10.3. The number of benzene rings is 1. The lowest BCUT2D eigenvalue weighted by molar-refractivity contribution is -0.116. The highest BCUT2D eigenvalue weighted by Gasteiger charge is 2.26. The minimum absolute atomic E-state index is 0.0490. The maximum absolute atomic E-state index is 13.5. The zero-order chi connectivity index (χ0) is 17.0. The first kappa shape index (κ1) is 17.5. The molecular formula is C14H14F2N2O3S2. The van der Waals surface area contributed by atoms with Gasteiger partial charge in [-0.1, -0.05) is 19.1 Å².